The van der Waals surface area contributed by atoms with E-state index < -0.39 is 5.97 Å². The maximum Gasteiger partial charge on any atom is 0.338 e. The lowest BCUT2D eigenvalue weighted by Crippen LogP contribution is -2.38. The summed E-state index contributed by atoms with van der Waals surface area (Å²) < 4.78 is 9.91. The lowest BCUT2D eigenvalue weighted by Gasteiger charge is -2.12. The van der Waals surface area contributed by atoms with Crippen molar-refractivity contribution < 1.29 is 19.1 Å². The van der Waals surface area contributed by atoms with Gasteiger partial charge < -0.3 is 14.8 Å². The molecule has 6 nitrogen and oxygen atoms in total. The SMILES string of the molecule is COCC(C)NC(=O)COC(=O)c1ccc2nc(Cl)ccc2c1. The molecule has 1 atom stereocenters. The number of nitrogens with zero attached hydrogens (tertiary/aromatic N) is 1. The highest BCUT2D eigenvalue weighted by Crippen LogP contribution is 2.17. The predicted molar refractivity (Wildman–Crippen MR) is 86.5 cm³/mol. The Labute approximate surface area is 138 Å². The number of carbonyl (C=O) groups is 2. The van der Waals surface area contributed by atoms with Crippen LogP contribution in [0.2, 0.25) is 5.15 Å². The molecule has 0 aliphatic carbocycles. The number of aromatic nitrogens is 1. The van der Waals surface area contributed by atoms with E-state index in [1.165, 1.54) is 0 Å². The van der Waals surface area contributed by atoms with Crippen LogP contribution in [-0.2, 0) is 14.3 Å². The van der Waals surface area contributed by atoms with Gasteiger partial charge in [0.25, 0.3) is 5.91 Å². The van der Waals surface area contributed by atoms with Crippen LogP contribution in [0.4, 0.5) is 0 Å². The number of halogens is 1. The number of carbonyl (C=O) groups excluding carboxylic acids is 2. The van der Waals surface area contributed by atoms with E-state index in [2.05, 4.69) is 10.3 Å². The summed E-state index contributed by atoms with van der Waals surface area (Å²) >= 11 is 5.81. The summed E-state index contributed by atoms with van der Waals surface area (Å²) in [6.45, 7) is 1.84. The number of rotatable bonds is 6. The molecular formula is C16H17ClN2O4. The van der Waals surface area contributed by atoms with Crippen LogP contribution in [-0.4, -0.2) is 43.2 Å². The summed E-state index contributed by atoms with van der Waals surface area (Å²) in [4.78, 5) is 27.8. The van der Waals surface area contributed by atoms with Gasteiger partial charge in [-0.2, -0.15) is 0 Å². The summed E-state index contributed by atoms with van der Waals surface area (Å²) in [6.07, 6.45) is 0. The van der Waals surface area contributed by atoms with Crippen LogP contribution in [0, 0.1) is 0 Å². The molecular weight excluding hydrogens is 320 g/mol. The molecule has 0 radical (unpaired) electrons. The second-order valence-corrected chi connectivity index (χ2v) is 5.43. The zero-order valence-corrected chi connectivity index (χ0v) is 13.6. The molecule has 1 aromatic heterocycles. The summed E-state index contributed by atoms with van der Waals surface area (Å²) in [7, 11) is 1.55. The number of ether oxygens (including phenoxy) is 2. The fraction of sp³-hybridized carbons (Fsp3) is 0.312. The van der Waals surface area contributed by atoms with Crippen molar-refractivity contribution in [3.05, 3.63) is 41.0 Å². The normalized spacial score (nSPS) is 12.0. The van der Waals surface area contributed by atoms with Crippen LogP contribution in [0.3, 0.4) is 0 Å². The maximum atomic E-state index is 12.0. The Kier molecular flexibility index (Phi) is 5.90. The van der Waals surface area contributed by atoms with Crippen LogP contribution < -0.4 is 5.32 Å². The molecule has 0 bridgehead atoms. The van der Waals surface area contributed by atoms with E-state index in [0.29, 0.717) is 22.8 Å². The van der Waals surface area contributed by atoms with E-state index in [1.54, 1.807) is 44.4 Å². The van der Waals surface area contributed by atoms with Gasteiger partial charge in [0.05, 0.1) is 17.7 Å². The average molecular weight is 337 g/mol. The lowest BCUT2D eigenvalue weighted by molar-refractivity contribution is -0.125. The fourth-order valence-corrected chi connectivity index (χ4v) is 2.20. The second-order valence-electron chi connectivity index (χ2n) is 5.04. The van der Waals surface area contributed by atoms with Gasteiger partial charge in [0.15, 0.2) is 6.61 Å². The number of benzene rings is 1. The summed E-state index contributed by atoms with van der Waals surface area (Å²) in [6, 6.07) is 8.16. The van der Waals surface area contributed by atoms with E-state index in [4.69, 9.17) is 21.1 Å². The zero-order chi connectivity index (χ0) is 16.8. The van der Waals surface area contributed by atoms with Gasteiger partial charge in [-0.1, -0.05) is 11.6 Å². The Morgan fingerprint density at radius 1 is 1.30 bits per heavy atom. The van der Waals surface area contributed by atoms with Crippen LogP contribution >= 0.6 is 11.6 Å². The Hall–Kier alpha value is -2.18. The molecule has 0 spiro atoms. The van der Waals surface area contributed by atoms with Crippen LogP contribution in [0.1, 0.15) is 17.3 Å². The third kappa shape index (κ3) is 4.91. The topological polar surface area (TPSA) is 77.5 Å². The quantitative estimate of drug-likeness (QED) is 0.646. The Morgan fingerprint density at radius 2 is 2.09 bits per heavy atom. The number of hydrogen-bond donors (Lipinski definition) is 1. The maximum absolute atomic E-state index is 12.0. The number of methoxy groups -OCH3 is 1. The molecule has 122 valence electrons. The van der Waals surface area contributed by atoms with Crippen LogP contribution in [0.15, 0.2) is 30.3 Å². The molecule has 2 aromatic rings. The van der Waals surface area contributed by atoms with Crippen molar-refractivity contribution in [3.8, 4) is 0 Å². The summed E-state index contributed by atoms with van der Waals surface area (Å²) in [5, 5.41) is 3.81. The smallest absolute Gasteiger partial charge is 0.338 e. The van der Waals surface area contributed by atoms with Crippen molar-refractivity contribution in [1.82, 2.24) is 10.3 Å². The molecule has 1 unspecified atom stereocenters. The van der Waals surface area contributed by atoms with Crippen molar-refractivity contribution in [1.29, 1.82) is 0 Å². The molecule has 0 fully saturated rings. The molecule has 0 aliphatic heterocycles. The van der Waals surface area contributed by atoms with Crippen molar-refractivity contribution >= 4 is 34.4 Å². The number of fused-ring (bicyclic) bond motifs is 1. The van der Waals surface area contributed by atoms with Gasteiger partial charge in [-0.3, -0.25) is 4.79 Å². The highest BCUT2D eigenvalue weighted by Gasteiger charge is 2.12. The third-order valence-corrected chi connectivity index (χ3v) is 3.26. The van der Waals surface area contributed by atoms with Gasteiger partial charge >= 0.3 is 5.97 Å². The van der Waals surface area contributed by atoms with Crippen molar-refractivity contribution in [2.45, 2.75) is 13.0 Å². The number of nitrogens with one attached hydrogen (secondary N) is 1. The van der Waals surface area contributed by atoms with E-state index in [9.17, 15) is 9.59 Å². The first kappa shape index (κ1) is 17.2. The van der Waals surface area contributed by atoms with Gasteiger partial charge in [0.2, 0.25) is 0 Å². The molecule has 1 amide bonds. The first-order valence-corrected chi connectivity index (χ1v) is 7.39. The number of amides is 1. The van der Waals surface area contributed by atoms with E-state index in [0.717, 1.165) is 5.39 Å². The van der Waals surface area contributed by atoms with Gasteiger partial charge in [-0.25, -0.2) is 9.78 Å². The number of esters is 1. The average Bonchev–Trinajstić information content (AvgIpc) is 2.52. The Morgan fingerprint density at radius 3 is 2.83 bits per heavy atom. The molecule has 1 N–H and O–H groups in total. The van der Waals surface area contributed by atoms with Gasteiger partial charge in [0, 0.05) is 18.5 Å². The van der Waals surface area contributed by atoms with Gasteiger partial charge in [-0.15, -0.1) is 0 Å². The van der Waals surface area contributed by atoms with E-state index in [1.807, 2.05) is 0 Å². The van der Waals surface area contributed by atoms with E-state index >= 15 is 0 Å². The van der Waals surface area contributed by atoms with E-state index in [-0.39, 0.29) is 18.6 Å². The van der Waals surface area contributed by atoms with Crippen molar-refractivity contribution in [2.75, 3.05) is 20.3 Å². The molecule has 0 saturated carbocycles. The monoisotopic (exact) mass is 336 g/mol. The van der Waals surface area contributed by atoms with Crippen LogP contribution in [0.5, 0.6) is 0 Å². The second kappa shape index (κ2) is 7.89. The number of pyridine rings is 1. The molecule has 0 saturated heterocycles. The predicted octanol–water partition coefficient (Wildman–Crippen LogP) is 2.20. The molecule has 1 heterocycles. The van der Waals surface area contributed by atoms with Gasteiger partial charge in [0.1, 0.15) is 5.15 Å². The fourth-order valence-electron chi connectivity index (χ4n) is 2.05. The Bertz CT molecular complexity index is 720. The highest BCUT2D eigenvalue weighted by atomic mass is 35.5. The summed E-state index contributed by atoms with van der Waals surface area (Å²) in [5.41, 5.74) is 1.03. The first-order valence-electron chi connectivity index (χ1n) is 7.01. The largest absolute Gasteiger partial charge is 0.452 e. The Balaban J connectivity index is 1.95. The lowest BCUT2D eigenvalue weighted by atomic mass is 10.1. The molecule has 0 aliphatic rings. The minimum absolute atomic E-state index is 0.150. The molecule has 2 rings (SSSR count). The minimum atomic E-state index is -0.573. The van der Waals surface area contributed by atoms with Crippen LogP contribution in [0.25, 0.3) is 10.9 Å². The highest BCUT2D eigenvalue weighted by molar-refractivity contribution is 6.29. The van der Waals surface area contributed by atoms with Crippen molar-refractivity contribution in [3.63, 3.8) is 0 Å². The molecule has 7 heteroatoms. The zero-order valence-electron chi connectivity index (χ0n) is 12.8. The standard InChI is InChI=1S/C16H17ClN2O4/c1-10(8-22-2)18-15(20)9-23-16(21)12-3-5-13-11(7-12)4-6-14(17)19-13/h3-7,10H,8-9H2,1-2H3,(H,18,20). The molecule has 1 aromatic carbocycles. The van der Waals surface area contributed by atoms with Crippen molar-refractivity contribution in [2.24, 2.45) is 0 Å². The third-order valence-electron chi connectivity index (χ3n) is 3.05. The molecule has 23 heavy (non-hydrogen) atoms. The van der Waals surface area contributed by atoms with Gasteiger partial charge in [-0.05, 0) is 37.3 Å². The minimum Gasteiger partial charge on any atom is -0.452 e. The first-order chi connectivity index (χ1) is 11.0. The number of hydrogen-bond acceptors (Lipinski definition) is 5. The summed E-state index contributed by atoms with van der Waals surface area (Å²) in [5.74, 6) is -0.950.